The highest BCUT2D eigenvalue weighted by atomic mass is 16.5. The second-order valence-electron chi connectivity index (χ2n) is 6.65. The van der Waals surface area contributed by atoms with Gasteiger partial charge >= 0.3 is 0 Å². The molecule has 2 fully saturated rings. The molecule has 0 heterocycles. The Balaban J connectivity index is 1.76. The largest absolute Gasteiger partial charge is 0.498 e. The summed E-state index contributed by atoms with van der Waals surface area (Å²) in [5.41, 5.74) is 0. The second kappa shape index (κ2) is 7.97. The molecule has 0 radical (unpaired) electrons. The van der Waals surface area contributed by atoms with E-state index in [1.807, 2.05) is 6.26 Å². The molecule has 2 atom stereocenters. The van der Waals surface area contributed by atoms with E-state index in [0.717, 1.165) is 24.2 Å². The van der Waals surface area contributed by atoms with Gasteiger partial charge in [-0.05, 0) is 62.7 Å². The molecule has 0 saturated heterocycles. The van der Waals surface area contributed by atoms with Crippen molar-refractivity contribution in [2.45, 2.75) is 84.2 Å². The molecule has 0 bridgehead atoms. The van der Waals surface area contributed by atoms with Crippen molar-refractivity contribution in [3.63, 3.8) is 0 Å². The lowest BCUT2D eigenvalue weighted by Crippen LogP contribution is -2.29. The standard InChI is InChI=1S/C18H32O/c1-3-5-13-19-18-8-6-7-17(14-18)16-11-9-15(4-2)10-12-16/h5,13,15-18H,3-4,6-12,14H2,1-2H3/t15?,16?,17-,18-/m1/s1. The van der Waals surface area contributed by atoms with Crippen LogP contribution in [0.25, 0.3) is 0 Å². The lowest BCUT2D eigenvalue weighted by atomic mass is 9.70. The van der Waals surface area contributed by atoms with Crippen molar-refractivity contribution >= 4 is 0 Å². The van der Waals surface area contributed by atoms with Gasteiger partial charge < -0.3 is 4.74 Å². The summed E-state index contributed by atoms with van der Waals surface area (Å²) in [5, 5.41) is 0. The first kappa shape index (κ1) is 14.9. The summed E-state index contributed by atoms with van der Waals surface area (Å²) in [6.45, 7) is 4.52. The normalized spacial score (nSPS) is 36.5. The van der Waals surface area contributed by atoms with Crippen molar-refractivity contribution in [2.75, 3.05) is 0 Å². The molecule has 0 N–H and O–H groups in total. The van der Waals surface area contributed by atoms with E-state index in [1.54, 1.807) is 0 Å². The fraction of sp³-hybridized carbons (Fsp3) is 0.889. The van der Waals surface area contributed by atoms with Crippen molar-refractivity contribution in [2.24, 2.45) is 17.8 Å². The SMILES string of the molecule is CCC=CO[C@@H]1CCC[C@@H](C2CCC(CC)CC2)C1. The van der Waals surface area contributed by atoms with Gasteiger partial charge in [-0.15, -0.1) is 0 Å². The first-order valence-corrected chi connectivity index (χ1v) is 8.63. The molecule has 2 saturated carbocycles. The van der Waals surface area contributed by atoms with Gasteiger partial charge in [0.15, 0.2) is 0 Å². The molecule has 2 aliphatic carbocycles. The summed E-state index contributed by atoms with van der Waals surface area (Å²) < 4.78 is 5.91. The van der Waals surface area contributed by atoms with Crippen molar-refractivity contribution < 1.29 is 4.74 Å². The average molecular weight is 264 g/mol. The topological polar surface area (TPSA) is 9.23 Å². The van der Waals surface area contributed by atoms with Crippen LogP contribution in [0.5, 0.6) is 0 Å². The van der Waals surface area contributed by atoms with E-state index >= 15 is 0 Å². The summed E-state index contributed by atoms with van der Waals surface area (Å²) in [5.74, 6) is 2.98. The van der Waals surface area contributed by atoms with Crippen LogP contribution in [0.2, 0.25) is 0 Å². The fourth-order valence-corrected chi connectivity index (χ4v) is 4.06. The first-order chi connectivity index (χ1) is 9.33. The van der Waals surface area contributed by atoms with E-state index in [2.05, 4.69) is 19.9 Å². The molecule has 0 amide bonds. The smallest absolute Gasteiger partial charge is 0.0981 e. The van der Waals surface area contributed by atoms with Crippen LogP contribution in [-0.4, -0.2) is 6.10 Å². The highest BCUT2D eigenvalue weighted by Gasteiger charge is 2.31. The van der Waals surface area contributed by atoms with Gasteiger partial charge in [0.25, 0.3) is 0 Å². The molecule has 0 aliphatic heterocycles. The van der Waals surface area contributed by atoms with Gasteiger partial charge in [0.2, 0.25) is 0 Å². The Labute approximate surface area is 119 Å². The summed E-state index contributed by atoms with van der Waals surface area (Å²) in [7, 11) is 0. The molecular weight excluding hydrogens is 232 g/mol. The third-order valence-corrected chi connectivity index (χ3v) is 5.41. The molecule has 19 heavy (non-hydrogen) atoms. The Morgan fingerprint density at radius 2 is 1.74 bits per heavy atom. The number of hydrogen-bond acceptors (Lipinski definition) is 1. The van der Waals surface area contributed by atoms with E-state index in [1.165, 1.54) is 57.8 Å². The zero-order valence-corrected chi connectivity index (χ0v) is 12.9. The van der Waals surface area contributed by atoms with Crippen molar-refractivity contribution in [3.8, 4) is 0 Å². The molecule has 0 aromatic rings. The summed E-state index contributed by atoms with van der Waals surface area (Å²) in [4.78, 5) is 0. The molecular formula is C18H32O. The maximum Gasteiger partial charge on any atom is 0.0981 e. The minimum Gasteiger partial charge on any atom is -0.498 e. The Hall–Kier alpha value is -0.460. The van der Waals surface area contributed by atoms with Crippen molar-refractivity contribution in [1.29, 1.82) is 0 Å². The summed E-state index contributed by atoms with van der Waals surface area (Å²) in [6.07, 6.45) is 18.4. The van der Waals surface area contributed by atoms with Crippen LogP contribution in [0.1, 0.15) is 78.1 Å². The van der Waals surface area contributed by atoms with E-state index in [-0.39, 0.29) is 0 Å². The molecule has 0 unspecified atom stereocenters. The number of allylic oxidation sites excluding steroid dienone is 1. The molecule has 2 rings (SSSR count). The Morgan fingerprint density at radius 1 is 0.947 bits per heavy atom. The fourth-order valence-electron chi connectivity index (χ4n) is 4.06. The molecule has 2 aliphatic rings. The molecule has 0 aromatic carbocycles. The van der Waals surface area contributed by atoms with Crippen molar-refractivity contribution in [1.82, 2.24) is 0 Å². The van der Waals surface area contributed by atoms with Gasteiger partial charge in [-0.3, -0.25) is 0 Å². The van der Waals surface area contributed by atoms with Crippen LogP contribution in [0.15, 0.2) is 12.3 Å². The molecule has 0 aromatic heterocycles. The lowest BCUT2D eigenvalue weighted by Gasteiger charge is -2.38. The Bertz CT molecular complexity index is 263. The van der Waals surface area contributed by atoms with Crippen LogP contribution in [0.4, 0.5) is 0 Å². The quantitative estimate of drug-likeness (QED) is 0.579. The number of rotatable bonds is 5. The van der Waals surface area contributed by atoms with Crippen LogP contribution >= 0.6 is 0 Å². The van der Waals surface area contributed by atoms with Gasteiger partial charge in [0, 0.05) is 0 Å². The summed E-state index contributed by atoms with van der Waals surface area (Å²) >= 11 is 0. The number of hydrogen-bond donors (Lipinski definition) is 0. The molecule has 1 nitrogen and oxygen atoms in total. The van der Waals surface area contributed by atoms with Gasteiger partial charge in [-0.1, -0.05) is 39.2 Å². The van der Waals surface area contributed by atoms with E-state index in [4.69, 9.17) is 4.74 Å². The average Bonchev–Trinajstić information content (AvgIpc) is 2.48. The highest BCUT2D eigenvalue weighted by molar-refractivity contribution is 4.84. The van der Waals surface area contributed by atoms with E-state index in [0.29, 0.717) is 6.10 Å². The third kappa shape index (κ3) is 4.54. The highest BCUT2D eigenvalue weighted by Crippen LogP contribution is 2.41. The summed E-state index contributed by atoms with van der Waals surface area (Å²) in [6, 6.07) is 0. The van der Waals surface area contributed by atoms with Gasteiger partial charge in [-0.25, -0.2) is 0 Å². The second-order valence-corrected chi connectivity index (χ2v) is 6.65. The van der Waals surface area contributed by atoms with E-state index in [9.17, 15) is 0 Å². The van der Waals surface area contributed by atoms with Gasteiger partial charge in [0.05, 0.1) is 12.4 Å². The predicted octanol–water partition coefficient (Wildman–Crippen LogP) is 5.70. The van der Waals surface area contributed by atoms with Crippen LogP contribution in [0, 0.1) is 17.8 Å². The monoisotopic (exact) mass is 264 g/mol. The van der Waals surface area contributed by atoms with Crippen molar-refractivity contribution in [3.05, 3.63) is 12.3 Å². The maximum atomic E-state index is 5.91. The predicted molar refractivity (Wildman–Crippen MR) is 82.0 cm³/mol. The lowest BCUT2D eigenvalue weighted by molar-refractivity contribution is 0.0513. The maximum absolute atomic E-state index is 5.91. The van der Waals surface area contributed by atoms with Crippen LogP contribution in [0.3, 0.4) is 0 Å². The van der Waals surface area contributed by atoms with Gasteiger partial charge in [-0.2, -0.15) is 0 Å². The van der Waals surface area contributed by atoms with Crippen LogP contribution < -0.4 is 0 Å². The Morgan fingerprint density at radius 3 is 2.42 bits per heavy atom. The first-order valence-electron chi connectivity index (χ1n) is 8.63. The van der Waals surface area contributed by atoms with Gasteiger partial charge in [0.1, 0.15) is 0 Å². The number of ether oxygens (including phenoxy) is 1. The minimum atomic E-state index is 0.505. The minimum absolute atomic E-state index is 0.505. The molecule has 1 heteroatoms. The zero-order valence-electron chi connectivity index (χ0n) is 12.9. The van der Waals surface area contributed by atoms with Crippen LogP contribution in [-0.2, 0) is 4.74 Å². The zero-order chi connectivity index (χ0) is 13.5. The Kier molecular flexibility index (Phi) is 6.26. The molecule has 0 spiro atoms. The third-order valence-electron chi connectivity index (χ3n) is 5.41. The molecule has 110 valence electrons. The van der Waals surface area contributed by atoms with E-state index < -0.39 is 0 Å².